The van der Waals surface area contributed by atoms with Crippen molar-refractivity contribution in [3.63, 3.8) is 0 Å². The summed E-state index contributed by atoms with van der Waals surface area (Å²) in [6.07, 6.45) is 0.746. The molecule has 0 spiro atoms. The van der Waals surface area contributed by atoms with Gasteiger partial charge in [-0.15, -0.1) is 0 Å². The van der Waals surface area contributed by atoms with Crippen LogP contribution in [0.3, 0.4) is 0 Å². The fourth-order valence-electron chi connectivity index (χ4n) is 3.84. The average molecular weight is 490 g/mol. The highest BCUT2D eigenvalue weighted by molar-refractivity contribution is 6.05. The van der Waals surface area contributed by atoms with E-state index in [1.807, 2.05) is 30.3 Å². The van der Waals surface area contributed by atoms with Gasteiger partial charge in [-0.3, -0.25) is 19.3 Å². The molecule has 1 aliphatic heterocycles. The zero-order valence-electron chi connectivity index (χ0n) is 20.1. The number of anilines is 3. The fraction of sp³-hybridized carbons (Fsp3) is 0.222. The van der Waals surface area contributed by atoms with Crippen LogP contribution in [0.2, 0.25) is 0 Å². The van der Waals surface area contributed by atoms with Gasteiger partial charge in [-0.1, -0.05) is 24.3 Å². The lowest BCUT2D eigenvalue weighted by Gasteiger charge is -2.29. The first-order valence-corrected chi connectivity index (χ1v) is 11.4. The smallest absolute Gasteiger partial charge is 0.265 e. The zero-order valence-corrected chi connectivity index (χ0v) is 20.1. The number of benzene rings is 3. The Hall–Kier alpha value is -4.53. The van der Waals surface area contributed by atoms with E-state index < -0.39 is 0 Å². The van der Waals surface area contributed by atoms with E-state index >= 15 is 0 Å². The summed E-state index contributed by atoms with van der Waals surface area (Å²) >= 11 is 0. The summed E-state index contributed by atoms with van der Waals surface area (Å²) in [5.41, 5.74) is 2.49. The molecule has 3 aromatic rings. The maximum absolute atomic E-state index is 12.6. The molecule has 1 aliphatic rings. The second-order valence-corrected chi connectivity index (χ2v) is 8.10. The molecule has 1 heterocycles. The van der Waals surface area contributed by atoms with Gasteiger partial charge >= 0.3 is 0 Å². The van der Waals surface area contributed by atoms with Gasteiger partial charge in [-0.05, 0) is 54.4 Å². The highest BCUT2D eigenvalue weighted by Crippen LogP contribution is 2.34. The number of carbonyl (C=O) groups is 3. The molecule has 0 bridgehead atoms. The van der Waals surface area contributed by atoms with Gasteiger partial charge in [-0.25, -0.2) is 0 Å². The molecule has 9 heteroatoms. The van der Waals surface area contributed by atoms with Crippen molar-refractivity contribution >= 4 is 34.8 Å². The van der Waals surface area contributed by atoms with Gasteiger partial charge in [0.25, 0.3) is 5.91 Å². The minimum Gasteiger partial charge on any atom is -0.493 e. The summed E-state index contributed by atoms with van der Waals surface area (Å²) in [7, 11) is 3.13. The SMILES string of the molecule is COc1ccc(CCC(=O)Nc2ccc3c(c2)N(CC(=O)Nc2ccccc2)C(=O)CO3)cc1OC. The minimum absolute atomic E-state index is 0.164. The second-order valence-electron chi connectivity index (χ2n) is 8.10. The molecular formula is C27H27N3O6. The van der Waals surface area contributed by atoms with Crippen molar-refractivity contribution in [2.75, 3.05) is 42.9 Å². The largest absolute Gasteiger partial charge is 0.493 e. The number of methoxy groups -OCH3 is 2. The Morgan fingerprint density at radius 3 is 2.39 bits per heavy atom. The van der Waals surface area contributed by atoms with Gasteiger partial charge in [0.1, 0.15) is 12.3 Å². The van der Waals surface area contributed by atoms with Crippen molar-refractivity contribution < 1.29 is 28.6 Å². The van der Waals surface area contributed by atoms with Crippen LogP contribution in [-0.2, 0) is 20.8 Å². The van der Waals surface area contributed by atoms with E-state index in [0.717, 1.165) is 5.56 Å². The Morgan fingerprint density at radius 2 is 1.64 bits per heavy atom. The third-order valence-electron chi connectivity index (χ3n) is 5.63. The number of carbonyl (C=O) groups excluding carboxylic acids is 3. The molecule has 36 heavy (non-hydrogen) atoms. The zero-order chi connectivity index (χ0) is 25.5. The Labute approximate surface area is 209 Å². The van der Waals surface area contributed by atoms with Gasteiger partial charge in [0.05, 0.1) is 19.9 Å². The van der Waals surface area contributed by atoms with E-state index in [0.29, 0.717) is 40.7 Å². The molecular weight excluding hydrogens is 462 g/mol. The lowest BCUT2D eigenvalue weighted by molar-refractivity contribution is -0.123. The van der Waals surface area contributed by atoms with E-state index in [1.54, 1.807) is 50.6 Å². The number of ether oxygens (including phenoxy) is 3. The van der Waals surface area contributed by atoms with Crippen LogP contribution in [0.1, 0.15) is 12.0 Å². The summed E-state index contributed by atoms with van der Waals surface area (Å²) in [5.74, 6) is 0.811. The number of nitrogens with one attached hydrogen (secondary N) is 2. The molecule has 0 aliphatic carbocycles. The highest BCUT2D eigenvalue weighted by atomic mass is 16.5. The topological polar surface area (TPSA) is 106 Å². The highest BCUT2D eigenvalue weighted by Gasteiger charge is 2.28. The van der Waals surface area contributed by atoms with Crippen LogP contribution < -0.4 is 29.7 Å². The van der Waals surface area contributed by atoms with Crippen LogP contribution in [0.15, 0.2) is 66.7 Å². The molecule has 4 rings (SSSR count). The van der Waals surface area contributed by atoms with Crippen LogP contribution in [0.25, 0.3) is 0 Å². The Balaban J connectivity index is 1.41. The van der Waals surface area contributed by atoms with Crippen LogP contribution >= 0.6 is 0 Å². The fourth-order valence-corrected chi connectivity index (χ4v) is 3.84. The molecule has 0 radical (unpaired) electrons. The summed E-state index contributed by atoms with van der Waals surface area (Å²) in [6, 6.07) is 19.5. The Morgan fingerprint density at radius 1 is 0.889 bits per heavy atom. The molecule has 3 amide bonds. The van der Waals surface area contributed by atoms with Gasteiger partial charge in [0.2, 0.25) is 11.8 Å². The van der Waals surface area contributed by atoms with Crippen LogP contribution in [-0.4, -0.2) is 45.1 Å². The maximum atomic E-state index is 12.6. The van der Waals surface area contributed by atoms with Gasteiger partial charge in [-0.2, -0.15) is 0 Å². The number of hydrogen-bond donors (Lipinski definition) is 2. The molecule has 0 saturated heterocycles. The van der Waals surface area contributed by atoms with Crippen molar-refractivity contribution in [2.45, 2.75) is 12.8 Å². The first-order chi connectivity index (χ1) is 17.5. The van der Waals surface area contributed by atoms with E-state index in [4.69, 9.17) is 14.2 Å². The molecule has 0 atom stereocenters. The van der Waals surface area contributed by atoms with E-state index in [2.05, 4.69) is 10.6 Å². The van der Waals surface area contributed by atoms with Crippen LogP contribution in [0.5, 0.6) is 17.2 Å². The van der Waals surface area contributed by atoms with Crippen LogP contribution in [0, 0.1) is 0 Å². The molecule has 186 valence electrons. The quantitative estimate of drug-likeness (QED) is 0.475. The number of hydrogen-bond acceptors (Lipinski definition) is 6. The Bertz CT molecular complexity index is 1260. The first-order valence-electron chi connectivity index (χ1n) is 11.4. The number of nitrogens with zero attached hydrogens (tertiary/aromatic N) is 1. The molecule has 9 nitrogen and oxygen atoms in total. The monoisotopic (exact) mass is 489 g/mol. The van der Waals surface area contributed by atoms with Crippen LogP contribution in [0.4, 0.5) is 17.1 Å². The number of aryl methyl sites for hydroxylation is 1. The number of para-hydroxylation sites is 1. The van der Waals surface area contributed by atoms with Crippen molar-refractivity contribution in [1.82, 2.24) is 0 Å². The third kappa shape index (κ3) is 5.93. The predicted octanol–water partition coefficient (Wildman–Crippen LogP) is 3.64. The van der Waals surface area contributed by atoms with Gasteiger partial charge < -0.3 is 24.8 Å². The van der Waals surface area contributed by atoms with Gasteiger partial charge in [0.15, 0.2) is 18.1 Å². The lowest BCUT2D eigenvalue weighted by Crippen LogP contribution is -2.43. The summed E-state index contributed by atoms with van der Waals surface area (Å²) in [6.45, 7) is -0.344. The molecule has 2 N–H and O–H groups in total. The van der Waals surface area contributed by atoms with Crippen molar-refractivity contribution in [3.05, 3.63) is 72.3 Å². The first kappa shape index (κ1) is 24.6. The number of rotatable bonds is 9. The second kappa shape index (κ2) is 11.3. The minimum atomic E-state index is -0.345. The maximum Gasteiger partial charge on any atom is 0.265 e. The molecule has 0 saturated carbocycles. The van der Waals surface area contributed by atoms with Crippen molar-refractivity contribution in [1.29, 1.82) is 0 Å². The molecule has 0 fully saturated rings. The average Bonchev–Trinajstić information content (AvgIpc) is 2.89. The normalized spacial score (nSPS) is 12.3. The molecule has 3 aromatic carbocycles. The molecule has 0 aromatic heterocycles. The van der Waals surface area contributed by atoms with E-state index in [1.165, 1.54) is 4.90 Å². The summed E-state index contributed by atoms with van der Waals surface area (Å²) in [5, 5.41) is 5.63. The van der Waals surface area contributed by atoms with Gasteiger partial charge in [0, 0.05) is 17.8 Å². The predicted molar refractivity (Wildman–Crippen MR) is 136 cm³/mol. The van der Waals surface area contributed by atoms with Crippen molar-refractivity contribution in [3.8, 4) is 17.2 Å². The number of amides is 3. The standard InChI is InChI=1S/C27H27N3O6/c1-34-23-11-8-18(14-24(23)35-2)9-13-25(31)29-20-10-12-22-21(15-20)30(27(33)17-36-22)16-26(32)28-19-6-4-3-5-7-19/h3-8,10-12,14-15H,9,13,16-17H2,1-2H3,(H,28,32)(H,29,31). The number of fused-ring (bicyclic) bond motifs is 1. The summed E-state index contributed by atoms with van der Waals surface area (Å²) in [4.78, 5) is 39.1. The van der Waals surface area contributed by atoms with E-state index in [9.17, 15) is 14.4 Å². The van der Waals surface area contributed by atoms with E-state index in [-0.39, 0.29) is 37.3 Å². The van der Waals surface area contributed by atoms with Crippen molar-refractivity contribution in [2.24, 2.45) is 0 Å². The summed E-state index contributed by atoms with van der Waals surface area (Å²) < 4.78 is 16.1. The lowest BCUT2D eigenvalue weighted by atomic mass is 10.1. The Kier molecular flexibility index (Phi) is 7.69. The third-order valence-corrected chi connectivity index (χ3v) is 5.63. The molecule has 0 unspecified atom stereocenters.